The number of benzene rings is 1. The van der Waals surface area contributed by atoms with Crippen LogP contribution in [0, 0.1) is 5.92 Å². The highest BCUT2D eigenvalue weighted by Gasteiger charge is 2.26. The number of carbonyl (C=O) groups is 2. The number of nitrogens with zero attached hydrogens (tertiary/aromatic N) is 3. The van der Waals surface area contributed by atoms with Gasteiger partial charge in [-0.05, 0) is 80.8 Å². The largest absolute Gasteiger partial charge is 0.480 e. The van der Waals surface area contributed by atoms with Crippen molar-refractivity contribution in [3.63, 3.8) is 0 Å². The number of carboxylic acids is 1. The molecule has 1 unspecified atom stereocenters. The molecule has 0 saturated carbocycles. The van der Waals surface area contributed by atoms with Crippen LogP contribution in [0.15, 0.2) is 41.1 Å². The first kappa shape index (κ1) is 23.3. The van der Waals surface area contributed by atoms with Gasteiger partial charge in [0.05, 0.1) is 0 Å². The van der Waals surface area contributed by atoms with E-state index in [1.165, 1.54) is 12.0 Å². The summed E-state index contributed by atoms with van der Waals surface area (Å²) in [5.74, 6) is 0.176. The van der Waals surface area contributed by atoms with Gasteiger partial charge >= 0.3 is 5.97 Å². The molecule has 2 atom stereocenters. The van der Waals surface area contributed by atoms with Crippen LogP contribution in [0.3, 0.4) is 0 Å². The third-order valence-electron chi connectivity index (χ3n) is 7.06. The van der Waals surface area contributed by atoms with E-state index in [0.29, 0.717) is 35.5 Å². The van der Waals surface area contributed by atoms with E-state index in [1.807, 2.05) is 0 Å². The summed E-state index contributed by atoms with van der Waals surface area (Å²) in [7, 11) is 0. The van der Waals surface area contributed by atoms with E-state index in [-0.39, 0.29) is 0 Å². The average molecular weight is 478 g/mol. The van der Waals surface area contributed by atoms with Crippen LogP contribution < -0.4 is 10.6 Å². The maximum Gasteiger partial charge on any atom is 0.326 e. The molecule has 0 radical (unpaired) electrons. The minimum Gasteiger partial charge on any atom is -0.480 e. The Morgan fingerprint density at radius 2 is 2.20 bits per heavy atom. The number of carbonyl (C=O) groups excluding carboxylic acids is 1. The summed E-state index contributed by atoms with van der Waals surface area (Å²) in [6.07, 6.45) is 7.07. The molecule has 2 aliphatic heterocycles. The van der Waals surface area contributed by atoms with Gasteiger partial charge < -0.3 is 25.1 Å². The Labute approximate surface area is 203 Å². The van der Waals surface area contributed by atoms with Gasteiger partial charge in [0.15, 0.2) is 12.0 Å². The summed E-state index contributed by atoms with van der Waals surface area (Å²) in [5.41, 5.74) is 3.96. The van der Waals surface area contributed by atoms with E-state index < -0.39 is 17.9 Å². The van der Waals surface area contributed by atoms with Gasteiger partial charge in [0.2, 0.25) is 0 Å². The van der Waals surface area contributed by atoms with Gasteiger partial charge in [-0.1, -0.05) is 6.07 Å². The summed E-state index contributed by atoms with van der Waals surface area (Å²) >= 11 is 0. The Morgan fingerprint density at radius 3 is 3.09 bits per heavy atom. The Balaban J connectivity index is 1.09. The molecule has 1 aromatic carbocycles. The van der Waals surface area contributed by atoms with Crippen LogP contribution in [0.5, 0.6) is 0 Å². The van der Waals surface area contributed by atoms with Crippen LogP contribution >= 0.6 is 0 Å². The number of pyridine rings is 1. The molecular formula is C26H31N5O4. The molecule has 2 aliphatic rings. The number of anilines is 1. The number of nitrogens with one attached hydrogen (secondary N) is 2. The van der Waals surface area contributed by atoms with Crippen molar-refractivity contribution in [3.05, 3.63) is 53.5 Å². The second kappa shape index (κ2) is 10.4. The second-order valence-electron chi connectivity index (χ2n) is 9.52. The molecule has 0 aliphatic carbocycles. The van der Waals surface area contributed by atoms with E-state index in [4.69, 9.17) is 9.40 Å². The molecule has 4 heterocycles. The maximum atomic E-state index is 12.6. The third kappa shape index (κ3) is 5.62. The van der Waals surface area contributed by atoms with E-state index in [2.05, 4.69) is 32.7 Å². The van der Waals surface area contributed by atoms with Gasteiger partial charge in [-0.2, -0.15) is 0 Å². The smallest absolute Gasteiger partial charge is 0.326 e. The molecular weight excluding hydrogens is 446 g/mol. The summed E-state index contributed by atoms with van der Waals surface area (Å²) in [5, 5.41) is 15.7. The first-order valence-electron chi connectivity index (χ1n) is 12.4. The van der Waals surface area contributed by atoms with Gasteiger partial charge in [0.1, 0.15) is 17.4 Å². The van der Waals surface area contributed by atoms with Crippen molar-refractivity contribution in [3.8, 4) is 0 Å². The molecule has 184 valence electrons. The minimum absolute atomic E-state index is 0.359. The minimum atomic E-state index is -1.02. The standard InChI is InChI=1S/C26H31N5O4/c32-25(19-5-8-23-22(14-19)28-16-35-23)30-21(26(33)34)10-13-31-12-9-17(15-31)3-6-20-7-4-18-2-1-11-27-24(18)29-20/h4-5,7-8,14,16-17,21H,1-3,6,9-13,15H2,(H,27,29)(H,30,32)(H,33,34)/t17-,21?/m1/s1. The summed E-state index contributed by atoms with van der Waals surface area (Å²) in [4.78, 5) is 35.6. The quantitative estimate of drug-likeness (QED) is 0.430. The average Bonchev–Trinajstić information content (AvgIpc) is 3.53. The molecule has 3 N–H and O–H groups in total. The lowest BCUT2D eigenvalue weighted by molar-refractivity contribution is -0.139. The summed E-state index contributed by atoms with van der Waals surface area (Å²) in [6.45, 7) is 3.53. The number of aromatic nitrogens is 2. The number of aryl methyl sites for hydroxylation is 2. The molecule has 5 rings (SSSR count). The first-order valence-corrected chi connectivity index (χ1v) is 12.4. The molecule has 2 aromatic heterocycles. The zero-order chi connectivity index (χ0) is 24.2. The Morgan fingerprint density at radius 1 is 1.29 bits per heavy atom. The Bertz CT molecular complexity index is 1210. The molecule has 1 saturated heterocycles. The highest BCUT2D eigenvalue weighted by atomic mass is 16.4. The molecule has 9 heteroatoms. The number of rotatable bonds is 9. The van der Waals surface area contributed by atoms with Crippen LogP contribution in [0.2, 0.25) is 0 Å². The first-order chi connectivity index (χ1) is 17.0. The molecule has 1 fully saturated rings. The van der Waals surface area contributed by atoms with E-state index in [9.17, 15) is 14.7 Å². The van der Waals surface area contributed by atoms with Crippen molar-refractivity contribution < 1.29 is 19.1 Å². The van der Waals surface area contributed by atoms with Crippen LogP contribution in [0.1, 0.15) is 47.3 Å². The van der Waals surface area contributed by atoms with Crippen molar-refractivity contribution >= 4 is 28.8 Å². The number of hydrogen-bond acceptors (Lipinski definition) is 7. The zero-order valence-corrected chi connectivity index (χ0v) is 19.7. The fourth-order valence-electron chi connectivity index (χ4n) is 5.02. The fourth-order valence-corrected chi connectivity index (χ4v) is 5.02. The summed E-state index contributed by atoms with van der Waals surface area (Å²) in [6, 6.07) is 8.29. The van der Waals surface area contributed by atoms with Crippen molar-refractivity contribution in [1.29, 1.82) is 0 Å². The Hall–Kier alpha value is -3.46. The number of fused-ring (bicyclic) bond motifs is 2. The molecule has 0 bridgehead atoms. The monoisotopic (exact) mass is 477 g/mol. The predicted octanol–water partition coefficient (Wildman–Crippen LogP) is 3.11. The van der Waals surface area contributed by atoms with Crippen molar-refractivity contribution in [2.24, 2.45) is 5.92 Å². The molecule has 0 spiro atoms. The van der Waals surface area contributed by atoms with Gasteiger partial charge in [-0.25, -0.2) is 14.8 Å². The third-order valence-corrected chi connectivity index (χ3v) is 7.06. The van der Waals surface area contributed by atoms with Crippen molar-refractivity contribution in [2.45, 2.75) is 44.6 Å². The summed E-state index contributed by atoms with van der Waals surface area (Å²) < 4.78 is 5.19. The van der Waals surface area contributed by atoms with Gasteiger partial charge in [0.25, 0.3) is 5.91 Å². The number of hydrogen-bond donors (Lipinski definition) is 3. The molecule has 3 aromatic rings. The number of carboxylic acid groups (broad SMARTS) is 1. The molecule has 1 amide bonds. The highest BCUT2D eigenvalue weighted by molar-refractivity contribution is 5.98. The normalized spacial score (nSPS) is 18.7. The number of aliphatic carboxylic acids is 1. The van der Waals surface area contributed by atoms with Gasteiger partial charge in [-0.3, -0.25) is 4.79 Å². The number of oxazole rings is 1. The molecule has 9 nitrogen and oxygen atoms in total. The number of likely N-dealkylation sites (tertiary alicyclic amines) is 1. The lowest BCUT2D eigenvalue weighted by Crippen LogP contribution is -2.43. The lowest BCUT2D eigenvalue weighted by atomic mass is 10.00. The molecule has 35 heavy (non-hydrogen) atoms. The Kier molecular flexibility index (Phi) is 6.94. The fraction of sp³-hybridized carbons (Fsp3) is 0.462. The van der Waals surface area contributed by atoms with Gasteiger partial charge in [0, 0.05) is 30.9 Å². The lowest BCUT2D eigenvalue weighted by Gasteiger charge is -2.20. The topological polar surface area (TPSA) is 121 Å². The SMILES string of the molecule is O=C(NC(CCN1CC[C@@H](CCc2ccc3c(n2)NCCC3)C1)C(=O)O)c1ccc2ocnc2c1. The zero-order valence-electron chi connectivity index (χ0n) is 19.7. The van der Waals surface area contributed by atoms with E-state index in [1.54, 1.807) is 18.2 Å². The van der Waals surface area contributed by atoms with Crippen LogP contribution in [0.25, 0.3) is 11.1 Å². The van der Waals surface area contributed by atoms with Crippen LogP contribution in [-0.4, -0.2) is 64.1 Å². The second-order valence-corrected chi connectivity index (χ2v) is 9.52. The van der Waals surface area contributed by atoms with E-state index >= 15 is 0 Å². The van der Waals surface area contributed by atoms with Crippen LogP contribution in [-0.2, 0) is 17.6 Å². The van der Waals surface area contributed by atoms with Crippen LogP contribution in [0.4, 0.5) is 5.82 Å². The van der Waals surface area contributed by atoms with E-state index in [0.717, 1.165) is 63.3 Å². The number of amides is 1. The van der Waals surface area contributed by atoms with Crippen molar-refractivity contribution in [2.75, 3.05) is 31.5 Å². The predicted molar refractivity (Wildman–Crippen MR) is 131 cm³/mol. The highest BCUT2D eigenvalue weighted by Crippen LogP contribution is 2.24. The van der Waals surface area contributed by atoms with Crippen molar-refractivity contribution in [1.82, 2.24) is 20.2 Å². The maximum absolute atomic E-state index is 12.6. The van der Waals surface area contributed by atoms with Gasteiger partial charge in [-0.15, -0.1) is 0 Å².